The predicted molar refractivity (Wildman–Crippen MR) is 138 cm³/mol. The maximum atomic E-state index is 13.5. The van der Waals surface area contributed by atoms with Crippen LogP contribution in [0.15, 0.2) is 23.2 Å². The van der Waals surface area contributed by atoms with Gasteiger partial charge in [-0.25, -0.2) is 0 Å². The number of fused-ring (bicyclic) bond motifs is 1. The molecule has 1 amide bonds. The number of amides is 1. The summed E-state index contributed by atoms with van der Waals surface area (Å²) in [6, 6.07) is 5.70. The summed E-state index contributed by atoms with van der Waals surface area (Å²) in [4.78, 5) is 22.4. The first-order valence-electron chi connectivity index (χ1n) is 12.1. The van der Waals surface area contributed by atoms with Crippen LogP contribution in [0.4, 0.5) is 5.69 Å². The Bertz CT molecular complexity index is 923. The van der Waals surface area contributed by atoms with Gasteiger partial charge in [-0.05, 0) is 68.4 Å². The molecule has 0 bridgehead atoms. The van der Waals surface area contributed by atoms with Crippen LogP contribution in [0.25, 0.3) is 0 Å². The highest BCUT2D eigenvalue weighted by Gasteiger charge is 2.39. The predicted octanol–water partition coefficient (Wildman–Crippen LogP) is 4.37. The first kappa shape index (κ1) is 24.4. The number of nitrogens with one attached hydrogen (secondary N) is 1. The van der Waals surface area contributed by atoms with Gasteiger partial charge in [-0.2, -0.15) is 0 Å². The van der Waals surface area contributed by atoms with Gasteiger partial charge in [0, 0.05) is 42.7 Å². The molecule has 0 aromatic heterocycles. The van der Waals surface area contributed by atoms with Crippen LogP contribution in [0.2, 0.25) is 5.02 Å². The van der Waals surface area contributed by atoms with E-state index in [1.807, 2.05) is 18.2 Å². The average molecular weight is 491 g/mol. The molecule has 1 unspecified atom stereocenters. The third kappa shape index (κ3) is 5.20. The fourth-order valence-electron chi connectivity index (χ4n) is 5.51. The van der Waals surface area contributed by atoms with Crippen LogP contribution in [-0.4, -0.2) is 59.6 Å². The number of aliphatic hydroxyl groups excluding tert-OH is 1. The Morgan fingerprint density at radius 1 is 1.27 bits per heavy atom. The van der Waals surface area contributed by atoms with Crippen molar-refractivity contribution >= 4 is 46.2 Å². The van der Waals surface area contributed by atoms with Crippen LogP contribution in [0.1, 0.15) is 63.9 Å². The summed E-state index contributed by atoms with van der Waals surface area (Å²) in [5, 5.41) is 13.7. The quantitative estimate of drug-likeness (QED) is 0.613. The standard InChI is InChI=1S/C25H35ClN4O2S/c1-25(11-4-3-5-12-25)21-19-16-18(26)6-7-20(19)29(2)23(32)22(27-21)28-24(33)30-13-8-17(9-14-30)10-15-31/h6-7,16-17,22,31H,3-5,8-15H2,1-2H3,(H,28,33). The molecule has 2 N–H and O–H groups in total. The smallest absolute Gasteiger partial charge is 0.272 e. The van der Waals surface area contributed by atoms with Gasteiger partial charge in [-0.3, -0.25) is 9.79 Å². The number of hydrogen-bond acceptors (Lipinski definition) is 4. The number of likely N-dealkylation sites (N-methyl/N-ethyl adjacent to an activating group) is 1. The maximum absolute atomic E-state index is 13.5. The van der Waals surface area contributed by atoms with Crippen LogP contribution in [0.3, 0.4) is 0 Å². The highest BCUT2D eigenvalue weighted by molar-refractivity contribution is 7.80. The van der Waals surface area contributed by atoms with Crippen molar-refractivity contribution in [2.75, 3.05) is 31.6 Å². The number of hydrogen-bond donors (Lipinski definition) is 2. The molecule has 1 aromatic rings. The summed E-state index contributed by atoms with van der Waals surface area (Å²) in [5.74, 6) is 0.417. The minimum atomic E-state index is -0.766. The molecule has 2 fully saturated rings. The zero-order chi connectivity index (χ0) is 23.6. The first-order valence-corrected chi connectivity index (χ1v) is 12.9. The van der Waals surface area contributed by atoms with Gasteiger partial charge in [0.1, 0.15) is 0 Å². The van der Waals surface area contributed by atoms with Crippen molar-refractivity contribution in [3.8, 4) is 0 Å². The lowest BCUT2D eigenvalue weighted by molar-refractivity contribution is -0.119. The van der Waals surface area contributed by atoms with Crippen molar-refractivity contribution in [1.29, 1.82) is 0 Å². The Morgan fingerprint density at radius 3 is 2.64 bits per heavy atom. The zero-order valence-electron chi connectivity index (χ0n) is 19.6. The summed E-state index contributed by atoms with van der Waals surface area (Å²) in [6.45, 7) is 4.17. The molecule has 1 aromatic carbocycles. The Labute approximate surface area is 207 Å². The van der Waals surface area contributed by atoms with E-state index in [0.29, 0.717) is 16.1 Å². The first-order chi connectivity index (χ1) is 15.8. The monoisotopic (exact) mass is 490 g/mol. The van der Waals surface area contributed by atoms with Crippen molar-refractivity contribution in [2.45, 2.75) is 64.5 Å². The van der Waals surface area contributed by atoms with E-state index in [1.165, 1.54) is 6.42 Å². The van der Waals surface area contributed by atoms with Gasteiger partial charge in [-0.1, -0.05) is 37.8 Å². The normalized spacial score (nSPS) is 23.6. The SMILES string of the molecule is CN1C(=O)C(NC(=S)N2CCC(CCO)CC2)N=C(C2(C)CCCCC2)c2cc(Cl)ccc21. The highest BCUT2D eigenvalue weighted by atomic mass is 35.5. The second kappa shape index (κ2) is 10.3. The molecule has 0 spiro atoms. The van der Waals surface area contributed by atoms with Crippen LogP contribution in [0.5, 0.6) is 0 Å². The fourth-order valence-corrected chi connectivity index (χ4v) is 5.97. The number of nitrogens with zero attached hydrogens (tertiary/aromatic N) is 3. The number of benzodiazepines with no additional fused rings is 1. The van der Waals surface area contributed by atoms with E-state index in [0.717, 1.165) is 75.0 Å². The second-order valence-corrected chi connectivity index (χ2v) is 10.8. The number of carbonyl (C=O) groups excluding carboxylic acids is 1. The van der Waals surface area contributed by atoms with Crippen LogP contribution < -0.4 is 10.2 Å². The molecule has 0 radical (unpaired) electrons. The number of rotatable bonds is 4. The van der Waals surface area contributed by atoms with Crippen molar-refractivity contribution in [2.24, 2.45) is 16.3 Å². The lowest BCUT2D eigenvalue weighted by Crippen LogP contribution is -2.52. The summed E-state index contributed by atoms with van der Waals surface area (Å²) in [5.41, 5.74) is 2.64. The number of benzene rings is 1. The van der Waals surface area contributed by atoms with E-state index in [9.17, 15) is 9.90 Å². The van der Waals surface area contributed by atoms with Gasteiger partial charge in [-0.15, -0.1) is 0 Å². The second-order valence-electron chi connectivity index (χ2n) is 9.95. The molecule has 8 heteroatoms. The topological polar surface area (TPSA) is 68.2 Å². The molecule has 1 atom stereocenters. The van der Waals surface area contributed by atoms with Crippen molar-refractivity contribution in [1.82, 2.24) is 10.2 Å². The van der Waals surface area contributed by atoms with Gasteiger partial charge in [0.2, 0.25) is 6.17 Å². The van der Waals surface area contributed by atoms with Crippen molar-refractivity contribution < 1.29 is 9.90 Å². The number of piperidine rings is 1. The van der Waals surface area contributed by atoms with E-state index in [2.05, 4.69) is 17.1 Å². The maximum Gasteiger partial charge on any atom is 0.272 e. The summed E-state index contributed by atoms with van der Waals surface area (Å²) in [6.07, 6.45) is 7.72. The fraction of sp³-hybridized carbons (Fsp3) is 0.640. The van der Waals surface area contributed by atoms with Crippen LogP contribution in [0, 0.1) is 11.3 Å². The molecule has 33 heavy (non-hydrogen) atoms. The van der Waals surface area contributed by atoms with Gasteiger partial charge in [0.05, 0.1) is 11.4 Å². The minimum Gasteiger partial charge on any atom is -0.396 e. The molecule has 2 aliphatic heterocycles. The minimum absolute atomic E-state index is 0.104. The van der Waals surface area contributed by atoms with E-state index < -0.39 is 6.17 Å². The molecule has 4 rings (SSSR count). The van der Waals surface area contributed by atoms with Gasteiger partial charge < -0.3 is 20.2 Å². The summed E-state index contributed by atoms with van der Waals surface area (Å²) >= 11 is 12.1. The Balaban J connectivity index is 1.62. The lowest BCUT2D eigenvalue weighted by Gasteiger charge is -2.36. The molecular formula is C25H35ClN4O2S. The molecule has 1 saturated heterocycles. The molecule has 2 heterocycles. The number of anilines is 1. The number of aliphatic hydroxyl groups is 1. The number of halogens is 1. The van der Waals surface area contributed by atoms with E-state index in [1.54, 1.807) is 11.9 Å². The Hall–Kier alpha value is -1.70. The highest BCUT2D eigenvalue weighted by Crippen LogP contribution is 2.42. The van der Waals surface area contributed by atoms with Gasteiger partial charge in [0.15, 0.2) is 5.11 Å². The molecule has 1 saturated carbocycles. The molecule has 180 valence electrons. The Morgan fingerprint density at radius 2 is 1.97 bits per heavy atom. The molecular weight excluding hydrogens is 456 g/mol. The summed E-state index contributed by atoms with van der Waals surface area (Å²) in [7, 11) is 1.80. The molecule has 3 aliphatic rings. The van der Waals surface area contributed by atoms with Crippen LogP contribution in [-0.2, 0) is 4.79 Å². The Kier molecular flexibility index (Phi) is 7.61. The largest absolute Gasteiger partial charge is 0.396 e. The number of thiocarbonyl (C=S) groups is 1. The van der Waals surface area contributed by atoms with E-state index >= 15 is 0 Å². The third-order valence-electron chi connectivity index (χ3n) is 7.63. The van der Waals surface area contributed by atoms with Crippen molar-refractivity contribution in [3.63, 3.8) is 0 Å². The number of aliphatic imine (C=N–C) groups is 1. The van der Waals surface area contributed by atoms with E-state index in [4.69, 9.17) is 28.8 Å². The number of carbonyl (C=O) groups is 1. The summed E-state index contributed by atoms with van der Waals surface area (Å²) < 4.78 is 0. The van der Waals surface area contributed by atoms with Gasteiger partial charge >= 0.3 is 0 Å². The lowest BCUT2D eigenvalue weighted by atomic mass is 9.70. The molecule has 1 aliphatic carbocycles. The van der Waals surface area contributed by atoms with Crippen molar-refractivity contribution in [3.05, 3.63) is 28.8 Å². The number of likely N-dealkylation sites (tertiary alicyclic amines) is 1. The zero-order valence-corrected chi connectivity index (χ0v) is 21.2. The van der Waals surface area contributed by atoms with Gasteiger partial charge in [0.25, 0.3) is 5.91 Å². The average Bonchev–Trinajstić information content (AvgIpc) is 2.91. The van der Waals surface area contributed by atoms with Crippen LogP contribution >= 0.6 is 23.8 Å². The van der Waals surface area contributed by atoms with E-state index in [-0.39, 0.29) is 17.9 Å². The third-order valence-corrected chi connectivity index (χ3v) is 8.24. The molecule has 6 nitrogen and oxygen atoms in total.